The summed E-state index contributed by atoms with van der Waals surface area (Å²) in [4.78, 5) is 16.4. The van der Waals surface area contributed by atoms with E-state index in [1.54, 1.807) is 12.3 Å². The summed E-state index contributed by atoms with van der Waals surface area (Å²) in [5.74, 6) is 0.704. The van der Waals surface area contributed by atoms with E-state index in [9.17, 15) is 4.79 Å². The third-order valence-electron chi connectivity index (χ3n) is 4.05. The van der Waals surface area contributed by atoms with E-state index in [0.29, 0.717) is 12.1 Å². The van der Waals surface area contributed by atoms with Crippen LogP contribution in [-0.4, -0.2) is 22.6 Å². The summed E-state index contributed by atoms with van der Waals surface area (Å²) in [6.07, 6.45) is 5.56. The predicted octanol–water partition coefficient (Wildman–Crippen LogP) is 3.50. The number of methoxy groups -OCH3 is 1. The van der Waals surface area contributed by atoms with Crippen LogP contribution >= 0.6 is 0 Å². The van der Waals surface area contributed by atoms with Gasteiger partial charge in [-0.15, -0.1) is 0 Å². The summed E-state index contributed by atoms with van der Waals surface area (Å²) in [5, 5.41) is 0. The molecule has 0 aliphatic rings. The number of esters is 1. The second-order valence-corrected chi connectivity index (χ2v) is 5.61. The number of aromatic nitrogens is 2. The van der Waals surface area contributed by atoms with Crippen molar-refractivity contribution >= 4 is 5.97 Å². The van der Waals surface area contributed by atoms with Crippen LogP contribution in [0.5, 0.6) is 0 Å². The van der Waals surface area contributed by atoms with Gasteiger partial charge in [0.15, 0.2) is 0 Å². The minimum Gasteiger partial charge on any atom is -0.465 e. The van der Waals surface area contributed by atoms with Gasteiger partial charge in [0.05, 0.1) is 12.7 Å². The van der Waals surface area contributed by atoms with Gasteiger partial charge in [-0.25, -0.2) is 9.78 Å². The van der Waals surface area contributed by atoms with E-state index in [2.05, 4.69) is 33.8 Å². The van der Waals surface area contributed by atoms with Gasteiger partial charge < -0.3 is 9.30 Å². The molecule has 0 spiro atoms. The molecule has 122 valence electrons. The first-order chi connectivity index (χ1) is 11.8. The molecule has 0 atom stereocenters. The minimum atomic E-state index is -0.309. The molecule has 0 aliphatic heterocycles. The van der Waals surface area contributed by atoms with Crippen LogP contribution in [0.15, 0.2) is 67.0 Å². The molecule has 0 aliphatic carbocycles. The molecule has 0 fully saturated rings. The van der Waals surface area contributed by atoms with Crippen molar-refractivity contribution in [2.24, 2.45) is 0 Å². The third kappa shape index (κ3) is 3.71. The number of carbonyl (C=O) groups excluding carboxylic acids is 1. The standard InChI is InChI=1S/C20H20N2O2/c1-24-20(23)18-10-6-5-9-17(18)15-22-14-13-21-19(22)12-11-16-7-3-2-4-8-16/h2-10,13-14H,11-12,15H2,1H3. The maximum Gasteiger partial charge on any atom is 0.338 e. The molecule has 1 aromatic heterocycles. The zero-order chi connectivity index (χ0) is 16.8. The van der Waals surface area contributed by atoms with Crippen LogP contribution < -0.4 is 0 Å². The SMILES string of the molecule is COC(=O)c1ccccc1Cn1ccnc1CCc1ccccc1. The van der Waals surface area contributed by atoms with Crippen LogP contribution in [0.2, 0.25) is 0 Å². The number of hydrogen-bond donors (Lipinski definition) is 0. The first kappa shape index (κ1) is 16.0. The zero-order valence-corrected chi connectivity index (χ0v) is 13.7. The summed E-state index contributed by atoms with van der Waals surface area (Å²) in [6.45, 7) is 0.607. The quantitative estimate of drug-likeness (QED) is 0.653. The van der Waals surface area contributed by atoms with E-state index in [4.69, 9.17) is 4.74 Å². The van der Waals surface area contributed by atoms with Gasteiger partial charge in [0, 0.05) is 25.4 Å². The van der Waals surface area contributed by atoms with Crippen LogP contribution in [0.4, 0.5) is 0 Å². The first-order valence-electron chi connectivity index (χ1n) is 7.98. The molecule has 0 amide bonds. The average Bonchev–Trinajstić information content (AvgIpc) is 3.08. The summed E-state index contributed by atoms with van der Waals surface area (Å²) < 4.78 is 6.96. The molecule has 0 saturated carbocycles. The van der Waals surface area contributed by atoms with E-state index >= 15 is 0 Å². The fraction of sp³-hybridized carbons (Fsp3) is 0.200. The molecule has 0 saturated heterocycles. The van der Waals surface area contributed by atoms with Gasteiger partial charge in [-0.2, -0.15) is 0 Å². The average molecular weight is 320 g/mol. The lowest BCUT2D eigenvalue weighted by Crippen LogP contribution is -2.11. The second-order valence-electron chi connectivity index (χ2n) is 5.61. The summed E-state index contributed by atoms with van der Waals surface area (Å²) >= 11 is 0. The maximum atomic E-state index is 11.9. The minimum absolute atomic E-state index is 0.309. The highest BCUT2D eigenvalue weighted by atomic mass is 16.5. The number of imidazole rings is 1. The van der Waals surface area contributed by atoms with Gasteiger partial charge >= 0.3 is 5.97 Å². The van der Waals surface area contributed by atoms with Crippen molar-refractivity contribution in [2.45, 2.75) is 19.4 Å². The molecule has 4 heteroatoms. The Kier molecular flexibility index (Phi) is 5.06. The molecule has 0 bridgehead atoms. The topological polar surface area (TPSA) is 44.1 Å². The number of rotatable bonds is 6. The molecule has 3 rings (SSSR count). The van der Waals surface area contributed by atoms with Crippen molar-refractivity contribution in [2.75, 3.05) is 7.11 Å². The van der Waals surface area contributed by atoms with Gasteiger partial charge in [0.25, 0.3) is 0 Å². The number of carbonyl (C=O) groups is 1. The molecular formula is C20H20N2O2. The van der Waals surface area contributed by atoms with Crippen LogP contribution in [0, 0.1) is 0 Å². The van der Waals surface area contributed by atoms with E-state index in [0.717, 1.165) is 24.2 Å². The maximum absolute atomic E-state index is 11.9. The third-order valence-corrected chi connectivity index (χ3v) is 4.05. The Morgan fingerprint density at radius 1 is 1.04 bits per heavy atom. The van der Waals surface area contributed by atoms with Crippen molar-refractivity contribution in [1.82, 2.24) is 9.55 Å². The molecule has 2 aromatic carbocycles. The number of benzene rings is 2. The summed E-state index contributed by atoms with van der Waals surface area (Å²) in [6, 6.07) is 17.9. The monoisotopic (exact) mass is 320 g/mol. The predicted molar refractivity (Wildman–Crippen MR) is 93.0 cm³/mol. The van der Waals surface area contributed by atoms with Crippen molar-refractivity contribution in [3.63, 3.8) is 0 Å². The molecule has 3 aromatic rings. The molecule has 0 radical (unpaired) electrons. The molecule has 0 N–H and O–H groups in total. The van der Waals surface area contributed by atoms with Crippen LogP contribution in [0.3, 0.4) is 0 Å². The van der Waals surface area contributed by atoms with Crippen LogP contribution in [0.1, 0.15) is 27.3 Å². The number of nitrogens with zero attached hydrogens (tertiary/aromatic N) is 2. The fourth-order valence-corrected chi connectivity index (χ4v) is 2.76. The second kappa shape index (κ2) is 7.59. The van der Waals surface area contributed by atoms with Gasteiger partial charge in [0.2, 0.25) is 0 Å². The van der Waals surface area contributed by atoms with E-state index < -0.39 is 0 Å². The van der Waals surface area contributed by atoms with Gasteiger partial charge in [-0.1, -0.05) is 48.5 Å². The van der Waals surface area contributed by atoms with Gasteiger partial charge in [-0.05, 0) is 23.6 Å². The van der Waals surface area contributed by atoms with Crippen molar-refractivity contribution in [3.05, 3.63) is 89.5 Å². The highest BCUT2D eigenvalue weighted by molar-refractivity contribution is 5.90. The lowest BCUT2D eigenvalue weighted by atomic mass is 10.1. The number of hydrogen-bond acceptors (Lipinski definition) is 3. The Labute approximate surface area is 141 Å². The molecule has 4 nitrogen and oxygen atoms in total. The number of ether oxygens (including phenoxy) is 1. The largest absolute Gasteiger partial charge is 0.465 e. The first-order valence-corrected chi connectivity index (χ1v) is 7.98. The molecule has 24 heavy (non-hydrogen) atoms. The molecular weight excluding hydrogens is 300 g/mol. The van der Waals surface area contributed by atoms with Crippen LogP contribution in [-0.2, 0) is 24.1 Å². The highest BCUT2D eigenvalue weighted by Gasteiger charge is 2.12. The smallest absolute Gasteiger partial charge is 0.338 e. The lowest BCUT2D eigenvalue weighted by molar-refractivity contribution is 0.0599. The van der Waals surface area contributed by atoms with Crippen LogP contribution in [0.25, 0.3) is 0 Å². The molecule has 0 unspecified atom stereocenters. The zero-order valence-electron chi connectivity index (χ0n) is 13.7. The lowest BCUT2D eigenvalue weighted by Gasteiger charge is -2.11. The van der Waals surface area contributed by atoms with E-state index in [1.807, 2.05) is 30.5 Å². The Balaban J connectivity index is 1.76. The van der Waals surface area contributed by atoms with Crippen molar-refractivity contribution < 1.29 is 9.53 Å². The Morgan fingerprint density at radius 3 is 2.58 bits per heavy atom. The Hall–Kier alpha value is -2.88. The Morgan fingerprint density at radius 2 is 1.79 bits per heavy atom. The van der Waals surface area contributed by atoms with Crippen molar-refractivity contribution in [3.8, 4) is 0 Å². The van der Waals surface area contributed by atoms with Crippen molar-refractivity contribution in [1.29, 1.82) is 0 Å². The number of aryl methyl sites for hydroxylation is 2. The van der Waals surface area contributed by atoms with Gasteiger partial charge in [-0.3, -0.25) is 0 Å². The van der Waals surface area contributed by atoms with E-state index in [1.165, 1.54) is 12.7 Å². The normalized spacial score (nSPS) is 10.5. The van der Waals surface area contributed by atoms with E-state index in [-0.39, 0.29) is 5.97 Å². The van der Waals surface area contributed by atoms with Gasteiger partial charge in [0.1, 0.15) is 5.82 Å². The fourth-order valence-electron chi connectivity index (χ4n) is 2.76. The Bertz CT molecular complexity index is 809. The summed E-state index contributed by atoms with van der Waals surface area (Å²) in [7, 11) is 1.40. The highest BCUT2D eigenvalue weighted by Crippen LogP contribution is 2.14. The summed E-state index contributed by atoms with van der Waals surface area (Å²) in [5.41, 5.74) is 2.83. The molecule has 1 heterocycles.